The van der Waals surface area contributed by atoms with Crippen molar-refractivity contribution >= 4 is 116 Å². The maximum atomic E-state index is 12.9. The predicted molar refractivity (Wildman–Crippen MR) is 411 cm³/mol. The van der Waals surface area contributed by atoms with Gasteiger partial charge in [0.05, 0.1) is 54.3 Å². The van der Waals surface area contributed by atoms with Crippen molar-refractivity contribution in [3.05, 3.63) is 147 Å². The third-order valence-corrected chi connectivity index (χ3v) is 22.7. The molecule has 540 valence electrons. The second-order valence-electron chi connectivity index (χ2n) is 26.5. The summed E-state index contributed by atoms with van der Waals surface area (Å²) < 4.78 is 66.0. The number of benzene rings is 5. The highest BCUT2D eigenvalue weighted by Gasteiger charge is 2.30. The number of aryl methyl sites for hydroxylation is 3. The molecule has 99 heavy (non-hydrogen) atoms. The molecule has 0 bridgehead atoms. The summed E-state index contributed by atoms with van der Waals surface area (Å²) in [5.74, 6) is 3.40. The van der Waals surface area contributed by atoms with E-state index in [4.69, 9.17) is 59.7 Å². The maximum Gasteiger partial charge on any atom is 0.294 e. The zero-order valence-electron chi connectivity index (χ0n) is 59.4. The number of nitrogens with two attached hydrogens (primary N) is 1. The zero-order valence-corrected chi connectivity index (χ0v) is 64.3. The molecule has 0 unspecified atom stereocenters. The van der Waals surface area contributed by atoms with Gasteiger partial charge in [-0.25, -0.2) is 9.97 Å². The molecule has 3 aliphatic heterocycles. The van der Waals surface area contributed by atoms with Gasteiger partial charge in [0.1, 0.15) is 35.8 Å². The first-order valence-electron chi connectivity index (χ1n) is 33.7. The van der Waals surface area contributed by atoms with Gasteiger partial charge in [0.2, 0.25) is 11.2 Å². The van der Waals surface area contributed by atoms with E-state index < -0.39 is 24.4 Å². The monoisotopic (exact) mass is 1480 g/mol. The first-order valence-corrected chi connectivity index (χ1v) is 41.4. The summed E-state index contributed by atoms with van der Waals surface area (Å²) in [6, 6.07) is 31.5. The van der Waals surface area contributed by atoms with E-state index in [0.29, 0.717) is 57.6 Å². The number of hydrogen-bond acceptors (Lipinski definition) is 20. The minimum absolute atomic E-state index is 0.0666. The molecule has 11 rings (SSSR count). The Balaban J connectivity index is 0.000000200. The number of rotatable bonds is 17. The van der Waals surface area contributed by atoms with Crippen LogP contribution >= 0.6 is 49.1 Å². The summed E-state index contributed by atoms with van der Waals surface area (Å²) in [5, 5.41) is 20.0. The molecule has 3 saturated heterocycles. The highest BCUT2D eigenvalue weighted by atomic mass is 35.5. The zero-order chi connectivity index (χ0) is 72.2. The van der Waals surface area contributed by atoms with Gasteiger partial charge in [-0.15, -0.1) is 0 Å². The number of aliphatic hydroxyl groups excluding tert-OH is 1. The van der Waals surface area contributed by atoms with E-state index in [0.717, 1.165) is 101 Å². The van der Waals surface area contributed by atoms with Crippen LogP contribution in [0, 0.1) is 20.8 Å². The number of ether oxygens (including phenoxy) is 2. The van der Waals surface area contributed by atoms with Gasteiger partial charge in [0, 0.05) is 107 Å². The third-order valence-electron chi connectivity index (χ3n) is 18.1. The number of unbranched alkanes of at least 4 members (excludes halogenated alkanes) is 1. The van der Waals surface area contributed by atoms with Crippen molar-refractivity contribution in [1.82, 2.24) is 39.5 Å². The molecule has 1 saturated carbocycles. The van der Waals surface area contributed by atoms with Crippen molar-refractivity contribution in [2.24, 2.45) is 0 Å². The predicted octanol–water partition coefficient (Wildman–Crippen LogP) is 14.1. The number of likely N-dealkylation sites (N-methyl/N-ethyl adjacent to an activating group) is 2. The molecule has 4 fully saturated rings. The van der Waals surface area contributed by atoms with Gasteiger partial charge >= 0.3 is 0 Å². The number of nitrogens with zero attached hydrogens (tertiary/aromatic N) is 9. The van der Waals surface area contributed by atoms with Crippen LogP contribution < -0.4 is 46.7 Å². The van der Waals surface area contributed by atoms with Crippen LogP contribution in [0.3, 0.4) is 0 Å². The van der Waals surface area contributed by atoms with Gasteiger partial charge in [0.15, 0.2) is 11.6 Å². The van der Waals surface area contributed by atoms with Crippen LogP contribution in [-0.4, -0.2) is 197 Å². The Hall–Kier alpha value is -6.10. The van der Waals surface area contributed by atoms with Crippen LogP contribution in [0.15, 0.2) is 114 Å². The van der Waals surface area contributed by atoms with Crippen LogP contribution in [0.5, 0.6) is 11.5 Å². The first-order chi connectivity index (χ1) is 47.0. The van der Waals surface area contributed by atoms with E-state index in [2.05, 4.69) is 106 Å². The molecule has 1 aliphatic carbocycles. The van der Waals surface area contributed by atoms with Crippen molar-refractivity contribution in [3.63, 3.8) is 0 Å². The van der Waals surface area contributed by atoms with Gasteiger partial charge in [-0.05, 0) is 190 Å². The summed E-state index contributed by atoms with van der Waals surface area (Å²) in [6.45, 7) is 26.8. The highest BCUT2D eigenvalue weighted by Crippen LogP contribution is 2.42. The number of aromatic nitrogens is 4. The van der Waals surface area contributed by atoms with E-state index >= 15 is 0 Å². The first kappa shape index (κ1) is 80.2. The number of methoxy groups -OCH3 is 2. The lowest BCUT2D eigenvalue weighted by molar-refractivity contribution is 0.0878. The Morgan fingerprint density at radius 3 is 1.55 bits per heavy atom. The van der Waals surface area contributed by atoms with Crippen molar-refractivity contribution < 1.29 is 36.7 Å². The Morgan fingerprint density at radius 1 is 0.586 bits per heavy atom. The van der Waals surface area contributed by atoms with Crippen molar-refractivity contribution in [2.45, 2.75) is 102 Å². The molecule has 0 amide bonds. The number of aliphatic hydroxyl groups is 1. The number of halogens is 3. The van der Waals surface area contributed by atoms with E-state index in [1.165, 1.54) is 102 Å². The van der Waals surface area contributed by atoms with Gasteiger partial charge in [-0.3, -0.25) is 14.4 Å². The van der Waals surface area contributed by atoms with Gasteiger partial charge < -0.3 is 60.1 Å². The maximum absolute atomic E-state index is 12.9. The lowest BCUT2D eigenvalue weighted by atomic mass is 9.81. The minimum Gasteiger partial charge on any atom is -0.495 e. The summed E-state index contributed by atoms with van der Waals surface area (Å²) in [5.41, 5.74) is 14.4. The summed E-state index contributed by atoms with van der Waals surface area (Å²) in [7, 11) is -1.18. The lowest BCUT2D eigenvalue weighted by Gasteiger charge is -2.42. The quantitative estimate of drug-likeness (QED) is 0.0214. The van der Waals surface area contributed by atoms with Gasteiger partial charge in [-0.1, -0.05) is 83.6 Å². The van der Waals surface area contributed by atoms with Crippen LogP contribution in [0.2, 0.25) is 15.3 Å². The SMILES string of the molecule is CCCCO.COc1cc(C2CCC(N3CCN(C)CC3)CC2)ccc1N.COc1cc(N2CCC(N3CCN(C)CC3)CC2)ccc1Nc1ncc(Cl)c(Nc2ccc(C)cc2P(C)(C)=O)n1.Cc1ccc(Nc2nc(Cl)ncc2Cl)c(P(C)(C)=O)c1.Cc1ccc(S(=O)(=O)O)cc1. The number of nitrogens with one attached hydrogen (secondary N) is 3. The number of nitrogen functional groups attached to an aromatic ring is 1. The Bertz CT molecular complexity index is 3950. The van der Waals surface area contributed by atoms with Crippen LogP contribution in [0.1, 0.15) is 86.5 Å². The average Bonchev–Trinajstić information content (AvgIpc) is 0.828. The largest absolute Gasteiger partial charge is 0.495 e. The molecule has 7 N–H and O–H groups in total. The van der Waals surface area contributed by atoms with Crippen molar-refractivity contribution in [2.75, 3.05) is 154 Å². The number of hydrogen-bond donors (Lipinski definition) is 6. The molecule has 4 aliphatic rings. The molecule has 7 aromatic rings. The Morgan fingerprint density at radius 2 is 1.07 bits per heavy atom. The van der Waals surface area contributed by atoms with E-state index in [-0.39, 0.29) is 10.2 Å². The molecule has 2 aromatic heterocycles. The summed E-state index contributed by atoms with van der Waals surface area (Å²) in [6.07, 6.45) is 12.6. The second-order valence-corrected chi connectivity index (χ2v) is 35.4. The molecular formula is C72H102Cl3N13O8P2S. The van der Waals surface area contributed by atoms with Crippen LogP contribution in [0.4, 0.5) is 46.0 Å². The Labute approximate surface area is 602 Å². The second kappa shape index (κ2) is 37.7. The van der Waals surface area contributed by atoms with Crippen LogP contribution in [0.25, 0.3) is 0 Å². The fraction of sp³-hybridized carbons (Fsp3) is 0.472. The minimum atomic E-state index is -4.02. The van der Waals surface area contributed by atoms with E-state index in [1.807, 2.05) is 69.3 Å². The molecular weight excluding hydrogens is 1380 g/mol. The smallest absolute Gasteiger partial charge is 0.294 e. The molecule has 0 atom stereocenters. The molecule has 0 radical (unpaired) electrons. The average molecular weight is 1480 g/mol. The fourth-order valence-corrected chi connectivity index (χ4v) is 15.5. The molecule has 27 heteroatoms. The van der Waals surface area contributed by atoms with Crippen molar-refractivity contribution in [3.8, 4) is 11.5 Å². The molecule has 21 nitrogen and oxygen atoms in total. The lowest BCUT2D eigenvalue weighted by Crippen LogP contribution is -2.52. The Kier molecular flexibility index (Phi) is 30.6. The van der Waals surface area contributed by atoms with E-state index in [9.17, 15) is 17.5 Å². The third kappa shape index (κ3) is 24.6. The standard InChI is InChI=1S/C30H41ClN7O2P.C18H29N3O.C13H14Cl2N3OP.C7H8O3S.C4H10O/c1-21-6-8-26(28(18-21)41(4,5)39)33-29-24(31)20-32-30(35-29)34-25-9-7-23(19-27(25)40-3)37-12-10-22(11-13-37)38-16-14-36(2)15-17-38;1-20-9-11-21(12-10-20)16-6-3-14(4-7-16)15-5-8-17(19)18(13-15)22-2;1-8-4-5-10(11(6-8)20(2,3)19)17-12-9(14)7-16-13(15)18-12;1-6-2-4-7(5-3-6)11(8,9)10;1-2-3-4-5/h6-9,18-20,22H,10-17H2,1-5H3,(H2,32,33,34,35);5,8,13-14,16H,3-4,6-7,9-12,19H2,1-2H3;4-7H,1-3H3,(H,16,17,18);2-5H,1H3,(H,8,9,10);5H,2-4H2,1H3. The topological polar surface area (TPSA) is 257 Å². The highest BCUT2D eigenvalue weighted by molar-refractivity contribution is 7.85. The normalized spacial score (nSPS) is 17.4. The van der Waals surface area contributed by atoms with Crippen LogP contribution in [-0.2, 0) is 19.2 Å². The van der Waals surface area contributed by atoms with Gasteiger partial charge in [-0.2, -0.15) is 18.4 Å². The number of anilines is 8. The van der Waals surface area contributed by atoms with Crippen molar-refractivity contribution in [1.29, 1.82) is 0 Å². The van der Waals surface area contributed by atoms with E-state index in [1.54, 1.807) is 59.2 Å². The number of piperidine rings is 1. The molecule has 5 heterocycles. The number of piperazine rings is 2. The summed E-state index contributed by atoms with van der Waals surface area (Å²) >= 11 is 18.2. The molecule has 0 spiro atoms. The summed E-state index contributed by atoms with van der Waals surface area (Å²) in [4.78, 5) is 29.4. The van der Waals surface area contributed by atoms with Gasteiger partial charge in [0.25, 0.3) is 10.1 Å². The fourth-order valence-electron chi connectivity index (χ4n) is 12.2. The molecule has 5 aromatic carbocycles.